The fraction of sp³-hybridized carbons (Fsp3) is 0.375. The van der Waals surface area contributed by atoms with Gasteiger partial charge in [0, 0.05) is 18.7 Å². The molecule has 0 bridgehead atoms. The van der Waals surface area contributed by atoms with Crippen molar-refractivity contribution < 1.29 is 33.0 Å². The number of halogens is 2. The van der Waals surface area contributed by atoms with Gasteiger partial charge in [0.15, 0.2) is 0 Å². The van der Waals surface area contributed by atoms with E-state index in [1.807, 2.05) is 0 Å². The number of carboxylic acids is 1. The number of amides is 2. The Balaban J connectivity index is 1.96. The number of anilines is 1. The fourth-order valence-electron chi connectivity index (χ4n) is 4.07. The molecule has 184 valence electrons. The van der Waals surface area contributed by atoms with E-state index in [0.717, 1.165) is 17.7 Å². The maximum atomic E-state index is 14.7. The molecule has 2 amide bonds. The zero-order chi connectivity index (χ0) is 25.2. The number of ether oxygens (including phenoxy) is 1. The van der Waals surface area contributed by atoms with Gasteiger partial charge >= 0.3 is 5.97 Å². The number of hydrogen-bond donors (Lipinski definition) is 2. The number of fused-ring (bicyclic) bond motifs is 1. The third-order valence-corrected chi connectivity index (χ3v) is 7.19. The average molecular weight is 495 g/mol. The number of nitrogens with zero attached hydrogens (tertiary/aromatic N) is 1. The number of nitrogens with one attached hydrogen (secondary N) is 1. The zero-order valence-corrected chi connectivity index (χ0v) is 20.3. The second-order valence-electron chi connectivity index (χ2n) is 8.79. The quantitative estimate of drug-likeness (QED) is 0.608. The Labute approximate surface area is 198 Å². The van der Waals surface area contributed by atoms with Crippen molar-refractivity contribution >= 4 is 33.5 Å². The van der Waals surface area contributed by atoms with Crippen LogP contribution in [0.2, 0.25) is 0 Å². The summed E-state index contributed by atoms with van der Waals surface area (Å²) in [5, 5.41) is 11.5. The molecule has 0 aromatic heterocycles. The second-order valence-corrected chi connectivity index (χ2v) is 12.9. The fourth-order valence-corrected chi connectivity index (χ4v) is 5.35. The highest BCUT2D eigenvalue weighted by molar-refractivity contribution is 8.32. The molecule has 0 spiro atoms. The van der Waals surface area contributed by atoms with Gasteiger partial charge in [-0.05, 0) is 60.6 Å². The van der Waals surface area contributed by atoms with Gasteiger partial charge in [0.05, 0.1) is 18.4 Å². The van der Waals surface area contributed by atoms with Crippen LogP contribution < -0.4 is 10.1 Å². The Morgan fingerprint density at radius 1 is 1.12 bits per heavy atom. The molecule has 2 aromatic carbocycles. The van der Waals surface area contributed by atoms with E-state index in [-0.39, 0.29) is 30.0 Å². The Morgan fingerprint density at radius 2 is 1.76 bits per heavy atom. The van der Waals surface area contributed by atoms with Crippen molar-refractivity contribution in [2.24, 2.45) is 0 Å². The summed E-state index contributed by atoms with van der Waals surface area (Å²) >= 11 is 0. The minimum Gasteiger partial charge on any atom is -0.497 e. The zero-order valence-electron chi connectivity index (χ0n) is 19.5. The van der Waals surface area contributed by atoms with Gasteiger partial charge < -0.3 is 20.1 Å². The number of carbonyl (C=O) groups excluding carboxylic acids is 2. The number of benzene rings is 2. The van der Waals surface area contributed by atoms with Crippen LogP contribution in [0.1, 0.15) is 30.0 Å². The maximum Gasteiger partial charge on any atom is 0.303 e. The maximum absolute atomic E-state index is 14.7. The third kappa shape index (κ3) is 5.49. The van der Waals surface area contributed by atoms with Gasteiger partial charge in [0.25, 0.3) is 5.91 Å². The van der Waals surface area contributed by atoms with Crippen LogP contribution in [0.25, 0.3) is 0 Å². The Morgan fingerprint density at radius 3 is 2.32 bits per heavy atom. The lowest BCUT2D eigenvalue weighted by molar-refractivity contribution is -0.143. The van der Waals surface area contributed by atoms with Crippen molar-refractivity contribution in [1.29, 1.82) is 0 Å². The molecule has 0 saturated carbocycles. The molecule has 0 saturated heterocycles. The molecule has 0 fully saturated rings. The topological polar surface area (TPSA) is 95.9 Å². The first kappa shape index (κ1) is 25.5. The predicted molar refractivity (Wildman–Crippen MR) is 127 cm³/mol. The van der Waals surface area contributed by atoms with E-state index >= 15 is 0 Å². The minimum atomic E-state index is -1.69. The minimum absolute atomic E-state index is 0.00826. The largest absolute Gasteiger partial charge is 0.497 e. The second kappa shape index (κ2) is 10.0. The number of methoxy groups -OCH3 is 1. The van der Waals surface area contributed by atoms with E-state index in [9.17, 15) is 23.2 Å². The standard InChI is InChI=1S/C24H28F2N2O5S/c1-33-16-5-6-17-14(11-16)9-10-28(20(29)7-8-21(30)31)22(17)24(32)27-15-12-18(25)23(19(26)13-15)34(2,3)4/h5-6,11-13,22H,7-10H2,1-4H3,(H,27,32)(H,30,31)/t22-/m1/s1. The van der Waals surface area contributed by atoms with Crippen molar-refractivity contribution in [2.75, 3.05) is 37.7 Å². The number of aliphatic carboxylic acids is 1. The molecule has 7 nitrogen and oxygen atoms in total. The number of rotatable bonds is 7. The Hall–Kier alpha value is -3.14. The van der Waals surface area contributed by atoms with E-state index in [0.29, 0.717) is 17.7 Å². The molecular formula is C24H28F2N2O5S. The van der Waals surface area contributed by atoms with Gasteiger partial charge in [-0.25, -0.2) is 18.8 Å². The highest BCUT2D eigenvalue weighted by Crippen LogP contribution is 2.48. The van der Waals surface area contributed by atoms with Crippen LogP contribution in [-0.4, -0.2) is 60.2 Å². The first-order chi connectivity index (χ1) is 15.9. The van der Waals surface area contributed by atoms with E-state index in [1.54, 1.807) is 37.0 Å². The summed E-state index contributed by atoms with van der Waals surface area (Å²) < 4.78 is 34.6. The van der Waals surface area contributed by atoms with Crippen molar-refractivity contribution in [2.45, 2.75) is 30.2 Å². The van der Waals surface area contributed by atoms with Gasteiger partial charge in [0.2, 0.25) is 5.91 Å². The molecule has 1 aliphatic rings. The van der Waals surface area contributed by atoms with Gasteiger partial charge in [0.1, 0.15) is 23.4 Å². The van der Waals surface area contributed by atoms with E-state index in [2.05, 4.69) is 5.32 Å². The lowest BCUT2D eigenvalue weighted by atomic mass is 9.91. The average Bonchev–Trinajstić information content (AvgIpc) is 2.74. The van der Waals surface area contributed by atoms with Crippen LogP contribution in [-0.2, 0) is 20.8 Å². The Bertz CT molecular complexity index is 1110. The van der Waals surface area contributed by atoms with Gasteiger partial charge in [-0.2, -0.15) is 0 Å². The van der Waals surface area contributed by atoms with E-state index in [1.165, 1.54) is 12.0 Å². The molecule has 3 rings (SSSR count). The summed E-state index contributed by atoms with van der Waals surface area (Å²) in [6.07, 6.45) is 5.10. The van der Waals surface area contributed by atoms with Crippen LogP contribution in [0.3, 0.4) is 0 Å². The molecule has 10 heteroatoms. The normalized spacial score (nSPS) is 15.9. The van der Waals surface area contributed by atoms with Crippen LogP contribution in [0.15, 0.2) is 35.2 Å². The smallest absolute Gasteiger partial charge is 0.303 e. The third-order valence-electron chi connectivity index (χ3n) is 5.58. The molecule has 1 heterocycles. The molecule has 2 aromatic rings. The molecule has 1 aliphatic heterocycles. The number of carbonyl (C=O) groups is 3. The van der Waals surface area contributed by atoms with Crippen LogP contribution in [0, 0.1) is 11.6 Å². The molecule has 2 N–H and O–H groups in total. The predicted octanol–water partition coefficient (Wildman–Crippen LogP) is 3.96. The van der Waals surface area contributed by atoms with Crippen LogP contribution in [0.5, 0.6) is 5.75 Å². The summed E-state index contributed by atoms with van der Waals surface area (Å²) in [5.74, 6) is -3.17. The van der Waals surface area contributed by atoms with Gasteiger partial charge in [-0.1, -0.05) is 6.07 Å². The lowest BCUT2D eigenvalue weighted by Crippen LogP contribution is -2.45. The first-order valence-electron chi connectivity index (χ1n) is 10.6. The summed E-state index contributed by atoms with van der Waals surface area (Å²) in [4.78, 5) is 38.4. The number of carboxylic acid groups (broad SMARTS) is 1. The van der Waals surface area contributed by atoms with E-state index < -0.39 is 45.5 Å². The van der Waals surface area contributed by atoms with Crippen LogP contribution >= 0.6 is 10.0 Å². The number of hydrogen-bond acceptors (Lipinski definition) is 4. The van der Waals surface area contributed by atoms with Crippen molar-refractivity contribution in [3.05, 3.63) is 53.1 Å². The Kier molecular flexibility index (Phi) is 7.50. The summed E-state index contributed by atoms with van der Waals surface area (Å²) in [6, 6.07) is 6.16. The molecule has 1 atom stereocenters. The first-order valence-corrected chi connectivity index (χ1v) is 13.4. The molecule has 34 heavy (non-hydrogen) atoms. The molecule has 0 aliphatic carbocycles. The molecule has 0 radical (unpaired) electrons. The van der Waals surface area contributed by atoms with Crippen molar-refractivity contribution in [3.63, 3.8) is 0 Å². The summed E-state index contributed by atoms with van der Waals surface area (Å²) in [6.45, 7) is 0.186. The van der Waals surface area contributed by atoms with Crippen molar-refractivity contribution in [1.82, 2.24) is 4.90 Å². The molecule has 0 unspecified atom stereocenters. The molecular weight excluding hydrogens is 466 g/mol. The highest BCUT2D eigenvalue weighted by atomic mass is 32.3. The van der Waals surface area contributed by atoms with E-state index in [4.69, 9.17) is 9.84 Å². The summed E-state index contributed by atoms with van der Waals surface area (Å²) in [7, 11) is -0.169. The monoisotopic (exact) mass is 494 g/mol. The SMILES string of the molecule is COc1ccc2c(c1)CCN(C(=O)CCC(=O)O)[C@H]2C(=O)Nc1cc(F)c(S(C)(C)C)c(F)c1. The highest BCUT2D eigenvalue weighted by Gasteiger charge is 2.36. The van der Waals surface area contributed by atoms with Crippen molar-refractivity contribution in [3.8, 4) is 5.75 Å². The van der Waals surface area contributed by atoms with Crippen LogP contribution in [0.4, 0.5) is 14.5 Å². The lowest BCUT2D eigenvalue weighted by Gasteiger charge is -2.36. The van der Waals surface area contributed by atoms with Gasteiger partial charge in [-0.3, -0.25) is 14.4 Å². The van der Waals surface area contributed by atoms with Gasteiger partial charge in [-0.15, -0.1) is 0 Å². The summed E-state index contributed by atoms with van der Waals surface area (Å²) in [5.41, 5.74) is 1.28.